The highest BCUT2D eigenvalue weighted by Gasteiger charge is 2.11. The van der Waals surface area contributed by atoms with Crippen LogP contribution < -0.4 is 5.32 Å². The number of hydrogen-bond acceptors (Lipinski definition) is 3. The lowest BCUT2D eigenvalue weighted by Gasteiger charge is -2.18. The third kappa shape index (κ3) is 8.20. The van der Waals surface area contributed by atoms with Gasteiger partial charge in [0.05, 0.1) is 13.2 Å². The van der Waals surface area contributed by atoms with Crippen LogP contribution in [-0.4, -0.2) is 40.0 Å². The first-order valence-corrected chi connectivity index (χ1v) is 8.12. The number of methoxy groups -OCH3 is 1. The third-order valence-electron chi connectivity index (χ3n) is 3.60. The number of hydrogen-bond donors (Lipinski definition) is 1. The van der Waals surface area contributed by atoms with Crippen molar-refractivity contribution in [3.8, 4) is 0 Å². The first-order chi connectivity index (χ1) is 10.3. The predicted molar refractivity (Wildman–Crippen MR) is 89.0 cm³/mol. The molecule has 0 radical (unpaired) electrons. The Morgan fingerprint density at radius 1 is 1.19 bits per heavy atom. The molecule has 0 saturated carbocycles. The molecule has 3 heteroatoms. The van der Waals surface area contributed by atoms with Crippen LogP contribution >= 0.6 is 0 Å². The van der Waals surface area contributed by atoms with Crippen molar-refractivity contribution in [1.29, 1.82) is 0 Å². The molecule has 1 unspecified atom stereocenters. The van der Waals surface area contributed by atoms with Crippen molar-refractivity contribution in [1.82, 2.24) is 5.32 Å². The zero-order valence-electron chi connectivity index (χ0n) is 13.9. The second kappa shape index (κ2) is 11.7. The Morgan fingerprint density at radius 2 is 2.05 bits per heavy atom. The molecule has 0 saturated heterocycles. The summed E-state index contributed by atoms with van der Waals surface area (Å²) in [4.78, 5) is 0. The SMILES string of the molecule is CCCNCC(CCCOCCOC)c1cccc(C)c1. The first-order valence-electron chi connectivity index (χ1n) is 8.12. The highest BCUT2D eigenvalue weighted by Crippen LogP contribution is 2.21. The molecule has 0 amide bonds. The zero-order chi connectivity index (χ0) is 15.3. The smallest absolute Gasteiger partial charge is 0.0700 e. The van der Waals surface area contributed by atoms with E-state index in [2.05, 4.69) is 43.4 Å². The highest BCUT2D eigenvalue weighted by molar-refractivity contribution is 5.25. The van der Waals surface area contributed by atoms with Crippen LogP contribution in [0.25, 0.3) is 0 Å². The maximum Gasteiger partial charge on any atom is 0.0700 e. The zero-order valence-corrected chi connectivity index (χ0v) is 13.9. The van der Waals surface area contributed by atoms with Crippen molar-refractivity contribution < 1.29 is 9.47 Å². The van der Waals surface area contributed by atoms with Crippen molar-refractivity contribution >= 4 is 0 Å². The van der Waals surface area contributed by atoms with Gasteiger partial charge in [-0.05, 0) is 44.2 Å². The fourth-order valence-corrected chi connectivity index (χ4v) is 2.44. The summed E-state index contributed by atoms with van der Waals surface area (Å²) in [5.41, 5.74) is 2.78. The van der Waals surface area contributed by atoms with E-state index >= 15 is 0 Å². The van der Waals surface area contributed by atoms with E-state index in [0.717, 1.165) is 32.5 Å². The average Bonchev–Trinajstić information content (AvgIpc) is 2.49. The second-order valence-corrected chi connectivity index (χ2v) is 5.56. The summed E-state index contributed by atoms with van der Waals surface area (Å²) in [5.74, 6) is 0.572. The molecule has 0 aliphatic heterocycles. The van der Waals surface area contributed by atoms with Gasteiger partial charge in [-0.2, -0.15) is 0 Å². The molecule has 0 aromatic heterocycles. The monoisotopic (exact) mass is 293 g/mol. The van der Waals surface area contributed by atoms with E-state index in [-0.39, 0.29) is 0 Å². The molecular formula is C18H31NO2. The molecule has 0 spiro atoms. The summed E-state index contributed by atoms with van der Waals surface area (Å²) >= 11 is 0. The minimum absolute atomic E-state index is 0.572. The molecule has 0 fully saturated rings. The van der Waals surface area contributed by atoms with Gasteiger partial charge in [0.25, 0.3) is 0 Å². The summed E-state index contributed by atoms with van der Waals surface area (Å²) in [6, 6.07) is 8.88. The molecule has 1 rings (SSSR count). The molecule has 120 valence electrons. The molecule has 0 aliphatic rings. The molecular weight excluding hydrogens is 262 g/mol. The molecule has 0 heterocycles. The lowest BCUT2D eigenvalue weighted by atomic mass is 9.93. The molecule has 1 N–H and O–H groups in total. The van der Waals surface area contributed by atoms with Gasteiger partial charge in [0.2, 0.25) is 0 Å². The Bertz CT molecular complexity index is 368. The van der Waals surface area contributed by atoms with Gasteiger partial charge >= 0.3 is 0 Å². The van der Waals surface area contributed by atoms with Crippen LogP contribution in [0.2, 0.25) is 0 Å². The second-order valence-electron chi connectivity index (χ2n) is 5.56. The normalized spacial score (nSPS) is 12.5. The van der Waals surface area contributed by atoms with E-state index in [1.54, 1.807) is 7.11 Å². The summed E-state index contributed by atoms with van der Waals surface area (Å²) < 4.78 is 10.5. The minimum atomic E-state index is 0.572. The van der Waals surface area contributed by atoms with Gasteiger partial charge in [-0.3, -0.25) is 0 Å². The number of aryl methyl sites for hydroxylation is 1. The fourth-order valence-electron chi connectivity index (χ4n) is 2.44. The van der Waals surface area contributed by atoms with Crippen LogP contribution in [0.4, 0.5) is 0 Å². The van der Waals surface area contributed by atoms with Gasteiger partial charge in [-0.25, -0.2) is 0 Å². The Labute approximate surface area is 130 Å². The molecule has 1 atom stereocenters. The lowest BCUT2D eigenvalue weighted by molar-refractivity contribution is 0.0681. The van der Waals surface area contributed by atoms with E-state index in [1.165, 1.54) is 17.5 Å². The van der Waals surface area contributed by atoms with Crippen molar-refractivity contribution in [3.05, 3.63) is 35.4 Å². The summed E-state index contributed by atoms with van der Waals surface area (Å²) in [6.45, 7) is 8.70. The molecule has 1 aromatic rings. The van der Waals surface area contributed by atoms with Crippen LogP contribution in [0.1, 0.15) is 43.2 Å². The van der Waals surface area contributed by atoms with Gasteiger partial charge in [0, 0.05) is 20.3 Å². The van der Waals surface area contributed by atoms with Crippen molar-refractivity contribution in [2.75, 3.05) is 40.0 Å². The van der Waals surface area contributed by atoms with E-state index < -0.39 is 0 Å². The fraction of sp³-hybridized carbons (Fsp3) is 0.667. The Hall–Kier alpha value is -0.900. The third-order valence-corrected chi connectivity index (χ3v) is 3.60. The standard InChI is InChI=1S/C18H31NO2/c1-4-10-19-15-18(9-6-11-21-13-12-20-3)17-8-5-7-16(2)14-17/h5,7-8,14,18-19H,4,6,9-13,15H2,1-3H3. The van der Waals surface area contributed by atoms with E-state index in [1.807, 2.05) is 0 Å². The Morgan fingerprint density at radius 3 is 2.76 bits per heavy atom. The summed E-state index contributed by atoms with van der Waals surface area (Å²) in [7, 11) is 1.70. The number of ether oxygens (including phenoxy) is 2. The van der Waals surface area contributed by atoms with Gasteiger partial charge in [-0.15, -0.1) is 0 Å². The minimum Gasteiger partial charge on any atom is -0.382 e. The Balaban J connectivity index is 2.41. The molecule has 0 bridgehead atoms. The van der Waals surface area contributed by atoms with Crippen LogP contribution in [0.5, 0.6) is 0 Å². The highest BCUT2D eigenvalue weighted by atomic mass is 16.5. The van der Waals surface area contributed by atoms with Crippen molar-refractivity contribution in [2.24, 2.45) is 0 Å². The van der Waals surface area contributed by atoms with E-state index in [0.29, 0.717) is 19.1 Å². The van der Waals surface area contributed by atoms with E-state index in [9.17, 15) is 0 Å². The van der Waals surface area contributed by atoms with E-state index in [4.69, 9.17) is 9.47 Å². The van der Waals surface area contributed by atoms with Crippen molar-refractivity contribution in [2.45, 2.75) is 39.0 Å². The van der Waals surface area contributed by atoms with Crippen LogP contribution in [0, 0.1) is 6.92 Å². The average molecular weight is 293 g/mol. The van der Waals surface area contributed by atoms with Gasteiger partial charge in [0.1, 0.15) is 0 Å². The number of rotatable bonds is 12. The quantitative estimate of drug-likeness (QED) is 0.598. The summed E-state index contributed by atoms with van der Waals surface area (Å²) in [6.07, 6.45) is 3.43. The van der Waals surface area contributed by atoms with Crippen LogP contribution in [-0.2, 0) is 9.47 Å². The number of nitrogens with one attached hydrogen (secondary N) is 1. The van der Waals surface area contributed by atoms with Crippen LogP contribution in [0.3, 0.4) is 0 Å². The van der Waals surface area contributed by atoms with Gasteiger partial charge < -0.3 is 14.8 Å². The number of benzene rings is 1. The molecule has 1 aromatic carbocycles. The predicted octanol–water partition coefficient (Wildman–Crippen LogP) is 3.52. The maximum absolute atomic E-state index is 5.56. The van der Waals surface area contributed by atoms with Gasteiger partial charge in [-0.1, -0.05) is 36.8 Å². The topological polar surface area (TPSA) is 30.5 Å². The lowest BCUT2D eigenvalue weighted by Crippen LogP contribution is -2.22. The van der Waals surface area contributed by atoms with Gasteiger partial charge in [0.15, 0.2) is 0 Å². The first kappa shape index (κ1) is 18.1. The molecule has 0 aliphatic carbocycles. The molecule has 3 nitrogen and oxygen atoms in total. The van der Waals surface area contributed by atoms with Crippen molar-refractivity contribution in [3.63, 3.8) is 0 Å². The molecule has 21 heavy (non-hydrogen) atoms. The van der Waals surface area contributed by atoms with Crippen LogP contribution in [0.15, 0.2) is 24.3 Å². The Kier molecular flexibility index (Phi) is 10.1. The maximum atomic E-state index is 5.56. The largest absolute Gasteiger partial charge is 0.382 e. The summed E-state index contributed by atoms with van der Waals surface area (Å²) in [5, 5.41) is 3.55.